The minimum atomic E-state index is -0.181. The summed E-state index contributed by atoms with van der Waals surface area (Å²) in [5, 5.41) is 4.52. The standard InChI is InChI=1S/C27H25ClN2O2/c1-15-13-16(2)25-21(14-15)24(27(31)29-23-8-6-7-22(28)17(23)3)18(4)26(30-25)19-9-11-20(32-5)12-10-19/h6-14H,1-5H3,(H,29,31). The van der Waals surface area contributed by atoms with Gasteiger partial charge in [0.1, 0.15) is 5.75 Å². The number of benzene rings is 3. The molecule has 0 aliphatic carbocycles. The van der Waals surface area contributed by atoms with E-state index < -0.39 is 0 Å². The molecular weight excluding hydrogens is 420 g/mol. The molecule has 0 unspecified atom stereocenters. The number of amides is 1. The lowest BCUT2D eigenvalue weighted by molar-refractivity contribution is 0.102. The molecule has 1 heterocycles. The van der Waals surface area contributed by atoms with Crippen LogP contribution in [0.25, 0.3) is 22.2 Å². The number of rotatable bonds is 4. The Kier molecular flexibility index (Phi) is 5.90. The van der Waals surface area contributed by atoms with E-state index in [1.165, 1.54) is 0 Å². The number of carbonyl (C=O) groups is 1. The maximum absolute atomic E-state index is 13.6. The first-order chi connectivity index (χ1) is 15.3. The summed E-state index contributed by atoms with van der Waals surface area (Å²) >= 11 is 6.27. The molecule has 0 bridgehead atoms. The predicted molar refractivity (Wildman–Crippen MR) is 132 cm³/mol. The number of fused-ring (bicyclic) bond motifs is 1. The van der Waals surface area contributed by atoms with Crippen LogP contribution in [0.15, 0.2) is 54.6 Å². The van der Waals surface area contributed by atoms with Crippen molar-refractivity contribution in [3.8, 4) is 17.0 Å². The molecule has 162 valence electrons. The zero-order valence-corrected chi connectivity index (χ0v) is 19.6. The number of halogens is 1. The minimum Gasteiger partial charge on any atom is -0.497 e. The number of anilines is 1. The van der Waals surface area contributed by atoms with Crippen LogP contribution in [-0.4, -0.2) is 18.0 Å². The number of methoxy groups -OCH3 is 1. The van der Waals surface area contributed by atoms with Crippen LogP contribution in [0.1, 0.15) is 32.6 Å². The second kappa shape index (κ2) is 8.64. The number of aromatic nitrogens is 1. The molecule has 32 heavy (non-hydrogen) atoms. The maximum atomic E-state index is 13.6. The molecule has 0 spiro atoms. The molecule has 0 aliphatic rings. The fourth-order valence-corrected chi connectivity index (χ4v) is 4.24. The van der Waals surface area contributed by atoms with Gasteiger partial charge in [0, 0.05) is 21.7 Å². The lowest BCUT2D eigenvalue weighted by Crippen LogP contribution is -2.16. The second-order valence-electron chi connectivity index (χ2n) is 8.03. The third-order valence-corrected chi connectivity index (χ3v) is 6.18. The fraction of sp³-hybridized carbons (Fsp3) is 0.185. The molecule has 1 amide bonds. The number of nitrogens with zero attached hydrogens (tertiary/aromatic N) is 1. The van der Waals surface area contributed by atoms with E-state index in [4.69, 9.17) is 21.3 Å². The number of aryl methyl sites for hydroxylation is 2. The van der Waals surface area contributed by atoms with Gasteiger partial charge in [-0.3, -0.25) is 4.79 Å². The summed E-state index contributed by atoms with van der Waals surface area (Å²) in [6.07, 6.45) is 0. The average Bonchev–Trinajstić information content (AvgIpc) is 2.76. The van der Waals surface area contributed by atoms with E-state index in [0.29, 0.717) is 16.3 Å². The normalized spacial score (nSPS) is 10.9. The van der Waals surface area contributed by atoms with Crippen LogP contribution in [0.5, 0.6) is 5.75 Å². The van der Waals surface area contributed by atoms with Crippen molar-refractivity contribution in [1.29, 1.82) is 0 Å². The number of hydrogen-bond donors (Lipinski definition) is 1. The van der Waals surface area contributed by atoms with Crippen molar-refractivity contribution < 1.29 is 9.53 Å². The average molecular weight is 445 g/mol. The molecule has 1 N–H and O–H groups in total. The summed E-state index contributed by atoms with van der Waals surface area (Å²) in [5.74, 6) is 0.591. The molecule has 0 saturated carbocycles. The Bertz CT molecular complexity index is 1340. The molecular formula is C27H25ClN2O2. The summed E-state index contributed by atoms with van der Waals surface area (Å²) in [7, 11) is 1.64. The number of carbonyl (C=O) groups excluding carboxylic acids is 1. The van der Waals surface area contributed by atoms with Gasteiger partial charge in [0.25, 0.3) is 5.91 Å². The Morgan fingerprint density at radius 2 is 1.69 bits per heavy atom. The predicted octanol–water partition coefficient (Wildman–Crippen LogP) is 7.05. The summed E-state index contributed by atoms with van der Waals surface area (Å²) in [6.45, 7) is 7.90. The van der Waals surface area contributed by atoms with Crippen LogP contribution >= 0.6 is 11.6 Å². The second-order valence-corrected chi connectivity index (χ2v) is 8.44. The fourth-order valence-electron chi connectivity index (χ4n) is 4.07. The highest BCUT2D eigenvalue weighted by molar-refractivity contribution is 6.32. The van der Waals surface area contributed by atoms with E-state index in [0.717, 1.165) is 50.2 Å². The van der Waals surface area contributed by atoms with Crippen molar-refractivity contribution in [2.24, 2.45) is 0 Å². The molecule has 5 heteroatoms. The Morgan fingerprint density at radius 1 is 0.969 bits per heavy atom. The van der Waals surface area contributed by atoms with Crippen LogP contribution < -0.4 is 10.1 Å². The molecule has 1 aromatic heterocycles. The van der Waals surface area contributed by atoms with Crippen LogP contribution in [-0.2, 0) is 0 Å². The molecule has 0 saturated heterocycles. The topological polar surface area (TPSA) is 51.2 Å². The van der Waals surface area contributed by atoms with Gasteiger partial charge in [-0.2, -0.15) is 0 Å². The number of ether oxygens (including phenoxy) is 1. The van der Waals surface area contributed by atoms with E-state index in [1.54, 1.807) is 7.11 Å². The lowest BCUT2D eigenvalue weighted by atomic mass is 9.94. The van der Waals surface area contributed by atoms with Crippen molar-refractivity contribution in [3.63, 3.8) is 0 Å². The van der Waals surface area contributed by atoms with Gasteiger partial charge in [-0.15, -0.1) is 0 Å². The molecule has 4 nitrogen and oxygen atoms in total. The van der Waals surface area contributed by atoms with Crippen LogP contribution in [0.2, 0.25) is 5.02 Å². The van der Waals surface area contributed by atoms with Crippen LogP contribution in [0.3, 0.4) is 0 Å². The van der Waals surface area contributed by atoms with Gasteiger partial charge in [0.2, 0.25) is 0 Å². The van der Waals surface area contributed by atoms with Crippen molar-refractivity contribution in [2.45, 2.75) is 27.7 Å². The lowest BCUT2D eigenvalue weighted by Gasteiger charge is -2.17. The van der Waals surface area contributed by atoms with E-state index in [1.807, 2.05) is 76.2 Å². The highest BCUT2D eigenvalue weighted by Crippen LogP contribution is 2.33. The zero-order valence-electron chi connectivity index (χ0n) is 18.8. The minimum absolute atomic E-state index is 0.181. The van der Waals surface area contributed by atoms with Gasteiger partial charge in [0.15, 0.2) is 0 Å². The molecule has 4 rings (SSSR count). The van der Waals surface area contributed by atoms with E-state index in [-0.39, 0.29) is 5.91 Å². The monoisotopic (exact) mass is 444 g/mol. The molecule has 3 aromatic carbocycles. The number of hydrogen-bond acceptors (Lipinski definition) is 3. The molecule has 0 atom stereocenters. The Hall–Kier alpha value is -3.37. The summed E-state index contributed by atoms with van der Waals surface area (Å²) in [4.78, 5) is 18.6. The van der Waals surface area contributed by atoms with Crippen molar-refractivity contribution in [3.05, 3.63) is 87.4 Å². The van der Waals surface area contributed by atoms with Gasteiger partial charge in [0.05, 0.1) is 23.9 Å². The quantitative estimate of drug-likeness (QED) is 0.367. The smallest absolute Gasteiger partial charge is 0.256 e. The third-order valence-electron chi connectivity index (χ3n) is 5.77. The highest BCUT2D eigenvalue weighted by atomic mass is 35.5. The molecule has 0 aliphatic heterocycles. The van der Waals surface area contributed by atoms with Gasteiger partial charge in [-0.25, -0.2) is 4.98 Å². The van der Waals surface area contributed by atoms with Crippen molar-refractivity contribution in [2.75, 3.05) is 12.4 Å². The van der Waals surface area contributed by atoms with Gasteiger partial charge in [-0.05, 0) is 86.8 Å². The van der Waals surface area contributed by atoms with Crippen molar-refractivity contribution >= 4 is 34.1 Å². The highest BCUT2D eigenvalue weighted by Gasteiger charge is 2.21. The van der Waals surface area contributed by atoms with E-state index in [9.17, 15) is 4.79 Å². The Balaban J connectivity index is 1.93. The van der Waals surface area contributed by atoms with Crippen LogP contribution in [0, 0.1) is 27.7 Å². The Labute approximate surface area is 193 Å². The largest absolute Gasteiger partial charge is 0.497 e. The van der Waals surface area contributed by atoms with Crippen molar-refractivity contribution in [1.82, 2.24) is 4.98 Å². The van der Waals surface area contributed by atoms with Gasteiger partial charge in [-0.1, -0.05) is 29.3 Å². The van der Waals surface area contributed by atoms with E-state index in [2.05, 4.69) is 11.4 Å². The summed E-state index contributed by atoms with van der Waals surface area (Å²) in [6, 6.07) is 17.4. The molecule has 0 radical (unpaired) electrons. The first-order valence-corrected chi connectivity index (χ1v) is 10.8. The SMILES string of the molecule is COc1ccc(-c2nc3c(C)cc(C)cc3c(C(=O)Nc3cccc(Cl)c3C)c2C)cc1. The Morgan fingerprint density at radius 3 is 2.38 bits per heavy atom. The van der Waals surface area contributed by atoms with E-state index >= 15 is 0 Å². The number of nitrogens with one attached hydrogen (secondary N) is 1. The first kappa shape index (κ1) is 21.8. The summed E-state index contributed by atoms with van der Waals surface area (Å²) < 4.78 is 5.29. The summed E-state index contributed by atoms with van der Waals surface area (Å²) in [5.41, 5.74) is 7.61. The van der Waals surface area contributed by atoms with Crippen LogP contribution in [0.4, 0.5) is 5.69 Å². The molecule has 4 aromatic rings. The van der Waals surface area contributed by atoms with Gasteiger partial charge >= 0.3 is 0 Å². The molecule has 0 fully saturated rings. The number of pyridine rings is 1. The maximum Gasteiger partial charge on any atom is 0.256 e. The van der Waals surface area contributed by atoms with Gasteiger partial charge < -0.3 is 10.1 Å². The zero-order chi connectivity index (χ0) is 23.0. The third kappa shape index (κ3) is 3.94. The first-order valence-electron chi connectivity index (χ1n) is 10.4.